The normalized spacial score (nSPS) is 11.9. The highest BCUT2D eigenvalue weighted by Gasteiger charge is 2.27. The first-order valence-electron chi connectivity index (χ1n) is 9.95. The minimum atomic E-state index is 0.151. The van der Waals surface area contributed by atoms with E-state index in [-0.39, 0.29) is 5.41 Å². The predicted octanol–water partition coefficient (Wildman–Crippen LogP) is 6.04. The van der Waals surface area contributed by atoms with Gasteiger partial charge in [0.15, 0.2) is 11.0 Å². The predicted molar refractivity (Wildman–Crippen MR) is 118 cm³/mol. The van der Waals surface area contributed by atoms with Crippen molar-refractivity contribution < 1.29 is 4.57 Å². The van der Waals surface area contributed by atoms with Crippen molar-refractivity contribution in [3.63, 3.8) is 0 Å². The maximum atomic E-state index is 2.39. The molecule has 0 saturated carbocycles. The van der Waals surface area contributed by atoms with Crippen molar-refractivity contribution in [3.05, 3.63) is 83.4 Å². The summed E-state index contributed by atoms with van der Waals surface area (Å²) in [4.78, 5) is 0. The highest BCUT2D eigenvalue weighted by Crippen LogP contribution is 2.30. The van der Waals surface area contributed by atoms with Gasteiger partial charge in [-0.3, -0.25) is 0 Å². The smallest absolute Gasteiger partial charge is 0.225 e. The highest BCUT2D eigenvalue weighted by molar-refractivity contribution is 5.79. The molecule has 3 aromatic carbocycles. The van der Waals surface area contributed by atoms with Crippen LogP contribution in [0.3, 0.4) is 0 Å². The lowest BCUT2D eigenvalue weighted by atomic mass is 9.87. The highest BCUT2D eigenvalue weighted by atomic mass is 15.2. The van der Waals surface area contributed by atoms with Gasteiger partial charge in [0, 0.05) is 0 Å². The molecular weight excluding hydrogens is 340 g/mol. The van der Waals surface area contributed by atoms with Crippen LogP contribution in [0.25, 0.3) is 28.1 Å². The van der Waals surface area contributed by atoms with Gasteiger partial charge >= 0.3 is 0 Å². The number of rotatable bonds is 2. The number of hydrogen-bond donors (Lipinski definition) is 0. The Labute approximate surface area is 168 Å². The number of aromatic nitrogens is 2. The topological polar surface area (TPSA) is 8.81 Å². The fourth-order valence-electron chi connectivity index (χ4n) is 4.05. The molecule has 0 amide bonds. The molecule has 0 bridgehead atoms. The van der Waals surface area contributed by atoms with E-state index in [1.807, 2.05) is 0 Å². The van der Waals surface area contributed by atoms with Crippen molar-refractivity contribution in [1.29, 1.82) is 0 Å². The maximum Gasteiger partial charge on any atom is 0.295 e. The molecule has 0 fully saturated rings. The third-order valence-electron chi connectivity index (χ3n) is 5.63. The zero-order chi connectivity index (χ0) is 20.1. The van der Waals surface area contributed by atoms with Crippen LogP contribution in [0.2, 0.25) is 0 Å². The lowest BCUT2D eigenvalue weighted by molar-refractivity contribution is -0.633. The van der Waals surface area contributed by atoms with Crippen LogP contribution in [0.1, 0.15) is 37.5 Å². The first-order valence-corrected chi connectivity index (χ1v) is 9.95. The monoisotopic (exact) mass is 369 g/mol. The van der Waals surface area contributed by atoms with E-state index in [0.717, 1.165) is 0 Å². The van der Waals surface area contributed by atoms with E-state index in [2.05, 4.69) is 118 Å². The van der Waals surface area contributed by atoms with Crippen LogP contribution < -0.4 is 4.57 Å². The van der Waals surface area contributed by atoms with Crippen molar-refractivity contribution in [3.8, 4) is 17.1 Å². The maximum absolute atomic E-state index is 2.39. The third-order valence-corrected chi connectivity index (χ3v) is 5.63. The van der Waals surface area contributed by atoms with E-state index in [0.29, 0.717) is 0 Å². The SMILES string of the molecule is Cc1ccc(-c2n(-c3ccc(C(C)(C)C)cc3)c3ccccc3[n+]2C)c(C)c1. The fourth-order valence-corrected chi connectivity index (χ4v) is 4.05. The summed E-state index contributed by atoms with van der Waals surface area (Å²) in [6.45, 7) is 11.1. The molecule has 0 aliphatic heterocycles. The number of fused-ring (bicyclic) bond motifs is 1. The van der Waals surface area contributed by atoms with Gasteiger partial charge in [0.2, 0.25) is 0 Å². The second kappa shape index (κ2) is 6.63. The van der Waals surface area contributed by atoms with E-state index in [9.17, 15) is 0 Å². The molecular formula is C26H29N2+. The minimum absolute atomic E-state index is 0.151. The Bertz CT molecular complexity index is 1160. The van der Waals surface area contributed by atoms with Gasteiger partial charge in [0.05, 0.1) is 12.6 Å². The average molecular weight is 370 g/mol. The molecule has 0 atom stereocenters. The Kier molecular flexibility index (Phi) is 4.38. The standard InChI is InChI=1S/C26H29N2/c1-18-11-16-22(19(2)17-18)25-27(6)23-9-7-8-10-24(23)28(25)21-14-12-20(13-15-21)26(3,4)5/h7-17H,1-6H3/q+1. The summed E-state index contributed by atoms with van der Waals surface area (Å²) in [6, 6.07) is 24.4. The third kappa shape index (κ3) is 3.03. The molecule has 1 aromatic heterocycles. The van der Waals surface area contributed by atoms with Crippen LogP contribution in [0.5, 0.6) is 0 Å². The first kappa shape index (κ1) is 18.5. The Balaban J connectivity index is 2.02. The van der Waals surface area contributed by atoms with E-state index in [1.54, 1.807) is 0 Å². The summed E-state index contributed by atoms with van der Waals surface area (Å²) >= 11 is 0. The van der Waals surface area contributed by atoms with Crippen LogP contribution in [0, 0.1) is 13.8 Å². The second-order valence-corrected chi connectivity index (χ2v) is 8.82. The van der Waals surface area contributed by atoms with Crippen LogP contribution in [0.15, 0.2) is 66.7 Å². The summed E-state index contributed by atoms with van der Waals surface area (Å²) < 4.78 is 4.70. The summed E-state index contributed by atoms with van der Waals surface area (Å²) in [5.41, 5.74) is 9.01. The fraction of sp³-hybridized carbons (Fsp3) is 0.269. The Morgan fingerprint density at radius 1 is 0.821 bits per heavy atom. The molecule has 0 radical (unpaired) electrons. The molecule has 1 heterocycles. The van der Waals surface area contributed by atoms with Gasteiger partial charge in [-0.15, -0.1) is 0 Å². The van der Waals surface area contributed by atoms with Crippen molar-refractivity contribution in [2.24, 2.45) is 7.05 Å². The molecule has 4 aromatic rings. The molecule has 0 N–H and O–H groups in total. The second-order valence-electron chi connectivity index (χ2n) is 8.82. The Hall–Kier alpha value is -2.87. The molecule has 2 heteroatoms. The summed E-state index contributed by atoms with van der Waals surface area (Å²) in [6.07, 6.45) is 0. The molecule has 0 unspecified atom stereocenters. The van der Waals surface area contributed by atoms with Crippen molar-refractivity contribution in [2.75, 3.05) is 0 Å². The number of para-hydroxylation sites is 2. The van der Waals surface area contributed by atoms with Gasteiger partial charge in [0.25, 0.3) is 5.82 Å². The average Bonchev–Trinajstić information content (AvgIpc) is 2.94. The number of aryl methyl sites for hydroxylation is 3. The lowest BCUT2D eigenvalue weighted by Crippen LogP contribution is -2.30. The molecule has 0 saturated heterocycles. The Morgan fingerprint density at radius 3 is 2.14 bits per heavy atom. The van der Waals surface area contributed by atoms with Crippen LogP contribution >= 0.6 is 0 Å². The number of benzene rings is 3. The van der Waals surface area contributed by atoms with Crippen molar-refractivity contribution in [1.82, 2.24) is 4.57 Å². The molecule has 28 heavy (non-hydrogen) atoms. The van der Waals surface area contributed by atoms with Crippen LogP contribution in [-0.4, -0.2) is 4.57 Å². The molecule has 2 nitrogen and oxygen atoms in total. The summed E-state index contributed by atoms with van der Waals surface area (Å²) in [5.74, 6) is 1.21. The first-order chi connectivity index (χ1) is 13.3. The zero-order valence-corrected chi connectivity index (χ0v) is 17.7. The molecule has 142 valence electrons. The van der Waals surface area contributed by atoms with Gasteiger partial charge < -0.3 is 0 Å². The number of imidazole rings is 1. The molecule has 0 spiro atoms. The quantitative estimate of drug-likeness (QED) is 0.381. The van der Waals surface area contributed by atoms with Crippen LogP contribution in [0.4, 0.5) is 0 Å². The Morgan fingerprint density at radius 2 is 1.50 bits per heavy atom. The zero-order valence-electron chi connectivity index (χ0n) is 17.7. The van der Waals surface area contributed by atoms with Gasteiger partial charge in [-0.2, -0.15) is 4.57 Å². The van der Waals surface area contributed by atoms with Gasteiger partial charge in [-0.1, -0.05) is 62.7 Å². The lowest BCUT2D eigenvalue weighted by Gasteiger charge is -2.18. The van der Waals surface area contributed by atoms with Gasteiger partial charge in [0.1, 0.15) is 5.69 Å². The largest absolute Gasteiger partial charge is 0.295 e. The van der Waals surface area contributed by atoms with E-state index >= 15 is 0 Å². The molecule has 4 rings (SSSR count). The van der Waals surface area contributed by atoms with Crippen molar-refractivity contribution in [2.45, 2.75) is 40.0 Å². The number of hydrogen-bond acceptors (Lipinski definition) is 0. The van der Waals surface area contributed by atoms with E-state index in [1.165, 1.54) is 44.8 Å². The van der Waals surface area contributed by atoms with Crippen molar-refractivity contribution >= 4 is 11.0 Å². The molecule has 0 aliphatic carbocycles. The summed E-state index contributed by atoms with van der Waals surface area (Å²) in [5, 5.41) is 0. The van der Waals surface area contributed by atoms with Crippen LogP contribution in [-0.2, 0) is 12.5 Å². The van der Waals surface area contributed by atoms with E-state index in [4.69, 9.17) is 0 Å². The summed E-state index contributed by atoms with van der Waals surface area (Å²) in [7, 11) is 2.16. The number of nitrogens with zero attached hydrogens (tertiary/aromatic N) is 2. The van der Waals surface area contributed by atoms with Gasteiger partial charge in [-0.05, 0) is 60.7 Å². The molecule has 0 aliphatic rings. The van der Waals surface area contributed by atoms with Gasteiger partial charge in [-0.25, -0.2) is 4.57 Å². The minimum Gasteiger partial charge on any atom is -0.225 e. The van der Waals surface area contributed by atoms with E-state index < -0.39 is 0 Å².